The Morgan fingerprint density at radius 3 is 2.53 bits per heavy atom. The van der Waals surface area contributed by atoms with Crippen LogP contribution in [0, 0.1) is 6.92 Å². The molecule has 178 valence electrons. The molecule has 0 unspecified atom stereocenters. The van der Waals surface area contributed by atoms with Gasteiger partial charge in [0.25, 0.3) is 5.56 Å². The number of hydrogen-bond acceptors (Lipinski definition) is 4. The molecule has 0 aliphatic heterocycles. The van der Waals surface area contributed by atoms with Crippen molar-refractivity contribution in [2.45, 2.75) is 33.2 Å². The third kappa shape index (κ3) is 3.45. The Balaban J connectivity index is 1.59. The maximum atomic E-state index is 13.6. The highest BCUT2D eigenvalue weighted by molar-refractivity contribution is 6.01. The van der Waals surface area contributed by atoms with Crippen molar-refractivity contribution in [2.75, 3.05) is 0 Å². The van der Waals surface area contributed by atoms with Crippen molar-refractivity contribution in [3.05, 3.63) is 100 Å². The van der Waals surface area contributed by atoms with Crippen LogP contribution in [0.4, 0.5) is 0 Å². The van der Waals surface area contributed by atoms with Crippen molar-refractivity contribution in [1.29, 1.82) is 0 Å². The molecule has 0 aliphatic carbocycles. The third-order valence-corrected chi connectivity index (χ3v) is 6.94. The van der Waals surface area contributed by atoms with Gasteiger partial charge in [0, 0.05) is 33.6 Å². The van der Waals surface area contributed by atoms with Crippen LogP contribution >= 0.6 is 0 Å². The first kappa shape index (κ1) is 22.0. The van der Waals surface area contributed by atoms with E-state index in [1.807, 2.05) is 54.6 Å². The predicted octanol–water partition coefficient (Wildman–Crippen LogP) is 6.93. The summed E-state index contributed by atoms with van der Waals surface area (Å²) in [5.41, 5.74) is 4.36. The Bertz CT molecular complexity index is 1800. The highest BCUT2D eigenvalue weighted by Crippen LogP contribution is 2.30. The molecule has 0 fully saturated rings. The quantitative estimate of drug-likeness (QED) is 0.255. The number of nitrogens with zero attached hydrogens (tertiary/aromatic N) is 4. The molecular weight excluding hydrogens is 448 g/mol. The van der Waals surface area contributed by atoms with Crippen molar-refractivity contribution in [1.82, 2.24) is 14.2 Å². The molecule has 6 nitrogen and oxygen atoms in total. The molecule has 0 bridgehead atoms. The number of hydrogen-bond donors (Lipinski definition) is 0. The minimum Gasteiger partial charge on any atom is -0.453 e. The van der Waals surface area contributed by atoms with Crippen LogP contribution in [0.1, 0.15) is 37.6 Å². The molecule has 36 heavy (non-hydrogen) atoms. The van der Waals surface area contributed by atoms with Gasteiger partial charge >= 0.3 is 0 Å². The van der Waals surface area contributed by atoms with E-state index < -0.39 is 0 Å². The van der Waals surface area contributed by atoms with Gasteiger partial charge in [-0.2, -0.15) is 9.78 Å². The van der Waals surface area contributed by atoms with E-state index in [1.165, 1.54) is 4.68 Å². The summed E-state index contributed by atoms with van der Waals surface area (Å²) >= 11 is 0. The van der Waals surface area contributed by atoms with Gasteiger partial charge < -0.3 is 8.98 Å². The van der Waals surface area contributed by atoms with Crippen LogP contribution in [0.25, 0.3) is 44.4 Å². The Hall–Kier alpha value is -4.45. The van der Waals surface area contributed by atoms with E-state index in [9.17, 15) is 4.79 Å². The molecule has 0 amide bonds. The molecule has 6 aromatic rings. The first-order valence-electron chi connectivity index (χ1n) is 12.2. The maximum absolute atomic E-state index is 13.6. The van der Waals surface area contributed by atoms with Crippen molar-refractivity contribution < 1.29 is 4.42 Å². The topological polar surface area (TPSA) is 65.3 Å². The van der Waals surface area contributed by atoms with E-state index in [2.05, 4.69) is 43.5 Å². The van der Waals surface area contributed by atoms with E-state index >= 15 is 0 Å². The SMILES string of the molecule is CC[C@@H](C)n1c(C)c(C=Nn2c(-c3cc4ccccc4o3)nc3ccccc3c2=O)c2ccccc21. The van der Waals surface area contributed by atoms with Crippen LogP contribution in [0.3, 0.4) is 0 Å². The highest BCUT2D eigenvalue weighted by Gasteiger charge is 2.18. The second-order valence-corrected chi connectivity index (χ2v) is 9.11. The molecule has 6 rings (SSSR count). The second-order valence-electron chi connectivity index (χ2n) is 9.11. The van der Waals surface area contributed by atoms with Gasteiger partial charge in [0.2, 0.25) is 5.82 Å². The van der Waals surface area contributed by atoms with Crippen LogP contribution in [-0.4, -0.2) is 20.4 Å². The van der Waals surface area contributed by atoms with Crippen molar-refractivity contribution >= 4 is 39.0 Å². The van der Waals surface area contributed by atoms with Crippen molar-refractivity contribution in [3.63, 3.8) is 0 Å². The van der Waals surface area contributed by atoms with Gasteiger partial charge in [-0.25, -0.2) is 4.98 Å². The molecule has 3 aromatic carbocycles. The summed E-state index contributed by atoms with van der Waals surface area (Å²) in [5.74, 6) is 0.865. The molecular formula is C30H26N4O2. The largest absolute Gasteiger partial charge is 0.453 e. The summed E-state index contributed by atoms with van der Waals surface area (Å²) in [4.78, 5) is 18.4. The average molecular weight is 475 g/mol. The van der Waals surface area contributed by atoms with Crippen LogP contribution in [0.5, 0.6) is 0 Å². The van der Waals surface area contributed by atoms with Gasteiger partial charge in [-0.05, 0) is 50.6 Å². The fraction of sp³-hybridized carbons (Fsp3) is 0.167. The van der Waals surface area contributed by atoms with E-state index in [0.717, 1.165) is 39.6 Å². The average Bonchev–Trinajstić information content (AvgIpc) is 3.46. The van der Waals surface area contributed by atoms with Gasteiger partial charge in [-0.15, -0.1) is 0 Å². The molecule has 1 atom stereocenters. The Kier molecular flexibility index (Phi) is 5.29. The van der Waals surface area contributed by atoms with Gasteiger partial charge in [0.15, 0.2) is 5.76 Å². The minimum absolute atomic E-state index is 0.240. The highest BCUT2D eigenvalue weighted by atomic mass is 16.3. The van der Waals surface area contributed by atoms with Gasteiger partial charge in [0.05, 0.1) is 17.1 Å². The van der Waals surface area contributed by atoms with E-state index in [0.29, 0.717) is 28.5 Å². The van der Waals surface area contributed by atoms with E-state index in [1.54, 1.807) is 12.3 Å². The lowest BCUT2D eigenvalue weighted by molar-refractivity contribution is 0.537. The molecule has 0 radical (unpaired) electrons. The van der Waals surface area contributed by atoms with Crippen molar-refractivity contribution in [3.8, 4) is 11.6 Å². The first-order valence-corrected chi connectivity index (χ1v) is 12.2. The minimum atomic E-state index is -0.240. The maximum Gasteiger partial charge on any atom is 0.282 e. The lowest BCUT2D eigenvalue weighted by atomic mass is 10.1. The summed E-state index contributed by atoms with van der Waals surface area (Å²) < 4.78 is 9.80. The summed E-state index contributed by atoms with van der Waals surface area (Å²) in [6.07, 6.45) is 2.79. The summed E-state index contributed by atoms with van der Waals surface area (Å²) in [7, 11) is 0. The van der Waals surface area contributed by atoms with Crippen molar-refractivity contribution in [2.24, 2.45) is 5.10 Å². The normalized spacial score (nSPS) is 12.9. The number of fused-ring (bicyclic) bond motifs is 3. The predicted molar refractivity (Wildman–Crippen MR) is 146 cm³/mol. The lowest BCUT2D eigenvalue weighted by Crippen LogP contribution is -2.20. The molecule has 6 heteroatoms. The van der Waals surface area contributed by atoms with Crippen LogP contribution in [0.15, 0.2) is 93.2 Å². The van der Waals surface area contributed by atoms with Gasteiger partial charge in [-0.3, -0.25) is 4.79 Å². The zero-order chi connectivity index (χ0) is 24.8. The summed E-state index contributed by atoms with van der Waals surface area (Å²) in [5, 5.41) is 7.28. The summed E-state index contributed by atoms with van der Waals surface area (Å²) in [6, 6.07) is 25.6. The zero-order valence-corrected chi connectivity index (χ0v) is 20.5. The number of aromatic nitrogens is 3. The monoisotopic (exact) mass is 474 g/mol. The molecule has 0 spiro atoms. The molecule has 0 saturated heterocycles. The Labute approximate surface area is 208 Å². The lowest BCUT2D eigenvalue weighted by Gasteiger charge is -2.15. The number of benzene rings is 3. The van der Waals surface area contributed by atoms with E-state index in [4.69, 9.17) is 14.5 Å². The van der Waals surface area contributed by atoms with Crippen LogP contribution in [0.2, 0.25) is 0 Å². The molecule has 0 aliphatic rings. The Morgan fingerprint density at radius 2 is 1.72 bits per heavy atom. The number of rotatable bonds is 5. The van der Waals surface area contributed by atoms with Crippen LogP contribution in [-0.2, 0) is 0 Å². The molecule has 0 saturated carbocycles. The summed E-state index contributed by atoms with van der Waals surface area (Å²) in [6.45, 7) is 6.51. The zero-order valence-electron chi connectivity index (χ0n) is 20.5. The smallest absolute Gasteiger partial charge is 0.282 e. The first-order chi connectivity index (χ1) is 17.6. The van der Waals surface area contributed by atoms with Gasteiger partial charge in [0.1, 0.15) is 5.58 Å². The number of furan rings is 1. The second kappa shape index (κ2) is 8.64. The van der Waals surface area contributed by atoms with Crippen LogP contribution < -0.4 is 5.56 Å². The fourth-order valence-corrected chi connectivity index (χ4v) is 4.93. The Morgan fingerprint density at radius 1 is 1.00 bits per heavy atom. The fourth-order valence-electron chi connectivity index (χ4n) is 4.93. The molecule has 3 heterocycles. The third-order valence-electron chi connectivity index (χ3n) is 6.94. The van der Waals surface area contributed by atoms with Gasteiger partial charge in [-0.1, -0.05) is 55.5 Å². The standard InChI is InChI=1S/C30H26N4O2/c1-4-19(2)33-20(3)24(22-12-7-9-15-26(22)33)18-31-34-29(28-17-21-11-5-10-16-27(21)36-28)32-25-14-8-6-13-23(25)30(34)35/h5-19H,4H2,1-3H3/t19-/m1/s1. The number of para-hydroxylation sites is 3. The molecule has 0 N–H and O–H groups in total. The molecule has 3 aromatic heterocycles. The van der Waals surface area contributed by atoms with E-state index in [-0.39, 0.29) is 5.56 Å².